The Labute approximate surface area is 133 Å². The number of rotatable bonds is 3. The molecule has 0 bridgehead atoms. The van der Waals surface area contributed by atoms with Crippen LogP contribution >= 0.6 is 0 Å². The van der Waals surface area contributed by atoms with Gasteiger partial charge in [-0.2, -0.15) is 0 Å². The van der Waals surface area contributed by atoms with E-state index in [0.29, 0.717) is 26.2 Å². The molecule has 1 aromatic carbocycles. The van der Waals surface area contributed by atoms with Crippen molar-refractivity contribution in [1.82, 2.24) is 15.1 Å². The first-order chi connectivity index (χ1) is 11.0. The van der Waals surface area contributed by atoms with E-state index in [1.54, 1.807) is 6.07 Å². The molecule has 0 aromatic heterocycles. The second-order valence-corrected chi connectivity index (χ2v) is 6.14. The Balaban J connectivity index is 1.69. The van der Waals surface area contributed by atoms with Gasteiger partial charge in [0, 0.05) is 26.2 Å². The molecular weight excluding hydrogens is 301 g/mol. The van der Waals surface area contributed by atoms with E-state index in [1.165, 1.54) is 24.0 Å². The van der Waals surface area contributed by atoms with Crippen molar-refractivity contribution in [2.45, 2.75) is 31.7 Å². The Morgan fingerprint density at radius 3 is 2.87 bits per heavy atom. The summed E-state index contributed by atoms with van der Waals surface area (Å²) in [5.41, 5.74) is 0.836. The Kier molecular flexibility index (Phi) is 4.32. The predicted molar refractivity (Wildman–Crippen MR) is 80.8 cm³/mol. The number of fused-ring (bicyclic) bond motifs is 1. The molecule has 0 saturated carbocycles. The van der Waals surface area contributed by atoms with Crippen LogP contribution in [0.5, 0.6) is 0 Å². The molecule has 2 saturated heterocycles. The maximum atomic E-state index is 13.3. The summed E-state index contributed by atoms with van der Waals surface area (Å²) in [5, 5.41) is 12.2. The third-order valence-electron chi connectivity index (χ3n) is 4.39. The highest BCUT2D eigenvalue weighted by Crippen LogP contribution is 2.19. The Morgan fingerprint density at radius 1 is 1.39 bits per heavy atom. The molecule has 2 aliphatic heterocycles. The molecule has 2 N–H and O–H groups in total. The van der Waals surface area contributed by atoms with Crippen molar-refractivity contribution in [3.63, 3.8) is 0 Å². The molecule has 2 fully saturated rings. The van der Waals surface area contributed by atoms with Gasteiger partial charge in [-0.3, -0.25) is 14.5 Å². The zero-order valence-corrected chi connectivity index (χ0v) is 12.9. The molecule has 3 rings (SSSR count). The molecule has 0 unspecified atom stereocenters. The molecule has 2 heterocycles. The molecule has 1 aromatic rings. The van der Waals surface area contributed by atoms with Crippen molar-refractivity contribution in [3.05, 3.63) is 35.6 Å². The van der Waals surface area contributed by atoms with Gasteiger partial charge < -0.3 is 15.3 Å². The minimum Gasteiger partial charge on any atom is -0.391 e. The molecule has 2 amide bonds. The first-order valence-corrected chi connectivity index (χ1v) is 7.71. The Morgan fingerprint density at radius 2 is 2.17 bits per heavy atom. The fourth-order valence-corrected chi connectivity index (χ4v) is 3.18. The van der Waals surface area contributed by atoms with E-state index in [4.69, 9.17) is 0 Å². The number of amides is 2. The average molecular weight is 321 g/mol. The molecule has 23 heavy (non-hydrogen) atoms. The van der Waals surface area contributed by atoms with Crippen molar-refractivity contribution in [3.8, 4) is 0 Å². The molecule has 3 atom stereocenters. The average Bonchev–Trinajstić information content (AvgIpc) is 2.50. The first kappa shape index (κ1) is 15.9. The van der Waals surface area contributed by atoms with Crippen molar-refractivity contribution in [2.24, 2.45) is 0 Å². The highest BCUT2D eigenvalue weighted by molar-refractivity contribution is 5.97. The summed E-state index contributed by atoms with van der Waals surface area (Å²) in [5.74, 6) is -0.777. The summed E-state index contributed by atoms with van der Waals surface area (Å²) >= 11 is 0. The van der Waals surface area contributed by atoms with Gasteiger partial charge in [0.05, 0.1) is 6.10 Å². The Hall–Kier alpha value is -1.99. The minimum atomic E-state index is -0.919. The van der Waals surface area contributed by atoms with Crippen molar-refractivity contribution in [1.29, 1.82) is 0 Å². The molecule has 0 spiro atoms. The van der Waals surface area contributed by atoms with Crippen LogP contribution in [0.15, 0.2) is 24.3 Å². The number of nitrogens with zero attached hydrogens (tertiary/aromatic N) is 2. The van der Waals surface area contributed by atoms with Crippen LogP contribution in [0.4, 0.5) is 4.39 Å². The highest BCUT2D eigenvalue weighted by Gasteiger charge is 2.44. The maximum absolute atomic E-state index is 13.3. The summed E-state index contributed by atoms with van der Waals surface area (Å²) in [6.45, 7) is 3.46. The predicted octanol–water partition coefficient (Wildman–Crippen LogP) is -0.282. The van der Waals surface area contributed by atoms with E-state index in [2.05, 4.69) is 5.32 Å². The van der Waals surface area contributed by atoms with Crippen LogP contribution in [0, 0.1) is 5.82 Å². The number of halogens is 1. The van der Waals surface area contributed by atoms with Crippen LogP contribution in [0.1, 0.15) is 12.5 Å². The fourth-order valence-electron chi connectivity index (χ4n) is 3.18. The zero-order chi connectivity index (χ0) is 16.6. The number of aliphatic hydroxyl groups is 1. The van der Waals surface area contributed by atoms with Gasteiger partial charge in [-0.25, -0.2) is 4.39 Å². The number of nitrogens with one attached hydrogen (secondary N) is 1. The SMILES string of the molecule is C[C@H](O)[C@H]1NC(=O)[C@H]2CN(Cc3cccc(F)c3)CCN2C1=O. The van der Waals surface area contributed by atoms with Gasteiger partial charge in [0.25, 0.3) is 0 Å². The van der Waals surface area contributed by atoms with Crippen LogP contribution in [-0.4, -0.2) is 64.5 Å². The third kappa shape index (κ3) is 3.20. The lowest BCUT2D eigenvalue weighted by Crippen LogP contribution is -2.70. The van der Waals surface area contributed by atoms with Gasteiger partial charge >= 0.3 is 0 Å². The van der Waals surface area contributed by atoms with Gasteiger partial charge in [-0.1, -0.05) is 12.1 Å². The maximum Gasteiger partial charge on any atom is 0.248 e. The lowest BCUT2D eigenvalue weighted by molar-refractivity contribution is -0.156. The normalized spacial score (nSPS) is 26.7. The lowest BCUT2D eigenvalue weighted by atomic mass is 10.0. The summed E-state index contributed by atoms with van der Waals surface area (Å²) < 4.78 is 13.3. The van der Waals surface area contributed by atoms with Crippen LogP contribution in [0.2, 0.25) is 0 Å². The Bertz CT molecular complexity index is 622. The quantitative estimate of drug-likeness (QED) is 0.803. The van der Waals surface area contributed by atoms with E-state index in [-0.39, 0.29) is 17.6 Å². The van der Waals surface area contributed by atoms with E-state index < -0.39 is 18.2 Å². The number of carbonyl (C=O) groups is 2. The van der Waals surface area contributed by atoms with Gasteiger partial charge in [0.1, 0.15) is 17.9 Å². The summed E-state index contributed by atoms with van der Waals surface area (Å²) in [6.07, 6.45) is -0.919. The monoisotopic (exact) mass is 321 g/mol. The molecule has 2 aliphatic rings. The lowest BCUT2D eigenvalue weighted by Gasteiger charge is -2.45. The summed E-state index contributed by atoms with van der Waals surface area (Å²) in [6, 6.07) is 4.94. The van der Waals surface area contributed by atoms with Gasteiger partial charge in [0.15, 0.2) is 0 Å². The standard InChI is InChI=1S/C16H20FN3O3/c1-10(21)14-16(23)20-6-5-19(9-13(20)15(22)18-14)8-11-3-2-4-12(17)7-11/h2-4,7,10,13-14,21H,5-6,8-9H2,1H3,(H,18,22)/t10-,13+,14+/m0/s1. The number of carbonyl (C=O) groups excluding carboxylic acids is 2. The van der Waals surface area contributed by atoms with Crippen molar-refractivity contribution < 1.29 is 19.1 Å². The van der Waals surface area contributed by atoms with Gasteiger partial charge in [-0.15, -0.1) is 0 Å². The largest absolute Gasteiger partial charge is 0.391 e. The zero-order valence-electron chi connectivity index (χ0n) is 12.9. The van der Waals surface area contributed by atoms with Crippen LogP contribution < -0.4 is 5.32 Å². The van der Waals surface area contributed by atoms with E-state index in [1.807, 2.05) is 11.0 Å². The van der Waals surface area contributed by atoms with Crippen LogP contribution in [-0.2, 0) is 16.1 Å². The second-order valence-electron chi connectivity index (χ2n) is 6.14. The molecule has 0 aliphatic carbocycles. The first-order valence-electron chi connectivity index (χ1n) is 7.71. The number of aliphatic hydroxyl groups excluding tert-OH is 1. The minimum absolute atomic E-state index is 0.241. The van der Waals surface area contributed by atoms with Crippen LogP contribution in [0.25, 0.3) is 0 Å². The fraction of sp³-hybridized carbons (Fsp3) is 0.500. The molecule has 124 valence electrons. The highest BCUT2D eigenvalue weighted by atomic mass is 19.1. The van der Waals surface area contributed by atoms with Crippen molar-refractivity contribution >= 4 is 11.8 Å². The molecular formula is C16H20FN3O3. The molecule has 0 radical (unpaired) electrons. The summed E-state index contributed by atoms with van der Waals surface area (Å²) in [4.78, 5) is 28.2. The topological polar surface area (TPSA) is 72.9 Å². The number of hydrogen-bond acceptors (Lipinski definition) is 4. The van der Waals surface area contributed by atoms with E-state index in [9.17, 15) is 19.1 Å². The second kappa shape index (κ2) is 6.25. The van der Waals surface area contributed by atoms with E-state index >= 15 is 0 Å². The molecule has 6 nitrogen and oxygen atoms in total. The van der Waals surface area contributed by atoms with Crippen LogP contribution in [0.3, 0.4) is 0 Å². The number of hydrogen-bond donors (Lipinski definition) is 2. The van der Waals surface area contributed by atoms with Gasteiger partial charge in [-0.05, 0) is 24.6 Å². The number of piperazine rings is 2. The molecule has 7 heteroatoms. The van der Waals surface area contributed by atoms with Crippen molar-refractivity contribution in [2.75, 3.05) is 19.6 Å². The smallest absolute Gasteiger partial charge is 0.248 e. The van der Waals surface area contributed by atoms with Gasteiger partial charge in [0.2, 0.25) is 11.8 Å². The van der Waals surface area contributed by atoms with E-state index in [0.717, 1.165) is 5.56 Å². The summed E-state index contributed by atoms with van der Waals surface area (Å²) in [7, 11) is 0. The third-order valence-corrected chi connectivity index (χ3v) is 4.39. The number of benzene rings is 1.